The van der Waals surface area contributed by atoms with Gasteiger partial charge in [0.15, 0.2) is 0 Å². The fourth-order valence-corrected chi connectivity index (χ4v) is 3.61. The second-order valence-corrected chi connectivity index (χ2v) is 6.55. The Morgan fingerprint density at radius 1 is 1.35 bits per heavy atom. The molecule has 0 fully saturated rings. The Hall–Kier alpha value is -1.55. The Balaban J connectivity index is 2.13. The summed E-state index contributed by atoms with van der Waals surface area (Å²) in [7, 11) is 3.37. The first-order valence-electron chi connectivity index (χ1n) is 8.42. The minimum atomic E-state index is 0.0194. The van der Waals surface area contributed by atoms with Crippen LogP contribution >= 0.6 is 0 Å². The Morgan fingerprint density at radius 3 is 2.74 bits per heavy atom. The molecular weight excluding hydrogens is 290 g/mol. The standard InChI is InChI=1S/C19H29NO3/c1-12-10-18(23-5)14(3)17-11-15(6-7-16(12)17)13(2)19(21)20-8-9-22-4/h10,13,15H,6-9,11H2,1-5H3,(H,20,21)/t13?,15-/m1/s1. The summed E-state index contributed by atoms with van der Waals surface area (Å²) in [6.07, 6.45) is 3.07. The number of benzene rings is 1. The lowest BCUT2D eigenvalue weighted by Crippen LogP contribution is -2.37. The number of hydrogen-bond acceptors (Lipinski definition) is 3. The summed E-state index contributed by atoms with van der Waals surface area (Å²) in [5.74, 6) is 1.49. The quantitative estimate of drug-likeness (QED) is 0.820. The monoisotopic (exact) mass is 319 g/mol. The fourth-order valence-electron chi connectivity index (χ4n) is 3.61. The number of nitrogens with one attached hydrogen (secondary N) is 1. The molecule has 23 heavy (non-hydrogen) atoms. The van der Waals surface area contributed by atoms with Gasteiger partial charge in [-0.15, -0.1) is 0 Å². The average molecular weight is 319 g/mol. The molecule has 0 saturated heterocycles. The Kier molecular flexibility index (Phi) is 6.05. The second kappa shape index (κ2) is 7.82. The van der Waals surface area contributed by atoms with E-state index in [1.807, 2.05) is 6.92 Å². The molecule has 0 aromatic heterocycles. The molecular formula is C19H29NO3. The Morgan fingerprint density at radius 2 is 2.09 bits per heavy atom. The Bertz CT molecular complexity index is 568. The van der Waals surface area contributed by atoms with E-state index in [1.165, 1.54) is 22.3 Å². The molecule has 0 spiro atoms. The third-order valence-corrected chi connectivity index (χ3v) is 5.19. The van der Waals surface area contributed by atoms with Gasteiger partial charge in [0.1, 0.15) is 5.75 Å². The van der Waals surface area contributed by atoms with Crippen molar-refractivity contribution in [3.05, 3.63) is 28.3 Å². The van der Waals surface area contributed by atoms with Crippen molar-refractivity contribution in [3.63, 3.8) is 0 Å². The molecule has 0 aliphatic heterocycles. The lowest BCUT2D eigenvalue weighted by Gasteiger charge is -2.31. The summed E-state index contributed by atoms with van der Waals surface area (Å²) in [6, 6.07) is 2.13. The highest BCUT2D eigenvalue weighted by molar-refractivity contribution is 5.78. The van der Waals surface area contributed by atoms with Crippen LogP contribution in [0.25, 0.3) is 0 Å². The second-order valence-electron chi connectivity index (χ2n) is 6.55. The third-order valence-electron chi connectivity index (χ3n) is 5.19. The van der Waals surface area contributed by atoms with Crippen LogP contribution in [0.1, 0.15) is 35.6 Å². The summed E-state index contributed by atoms with van der Waals surface area (Å²) in [4.78, 5) is 12.3. The van der Waals surface area contributed by atoms with E-state index in [4.69, 9.17) is 9.47 Å². The fraction of sp³-hybridized carbons (Fsp3) is 0.632. The van der Waals surface area contributed by atoms with Gasteiger partial charge in [-0.25, -0.2) is 0 Å². The van der Waals surface area contributed by atoms with Crippen molar-refractivity contribution in [2.24, 2.45) is 11.8 Å². The normalized spacial score (nSPS) is 18.2. The van der Waals surface area contributed by atoms with Gasteiger partial charge < -0.3 is 14.8 Å². The van der Waals surface area contributed by atoms with E-state index in [-0.39, 0.29) is 11.8 Å². The smallest absolute Gasteiger partial charge is 0.223 e. The largest absolute Gasteiger partial charge is 0.496 e. The molecule has 4 nitrogen and oxygen atoms in total. The van der Waals surface area contributed by atoms with E-state index < -0.39 is 0 Å². The lowest BCUT2D eigenvalue weighted by molar-refractivity contribution is -0.126. The van der Waals surface area contributed by atoms with Gasteiger partial charge in [-0.2, -0.15) is 0 Å². The number of methoxy groups -OCH3 is 2. The molecule has 0 radical (unpaired) electrons. The first-order valence-corrected chi connectivity index (χ1v) is 8.42. The van der Waals surface area contributed by atoms with Crippen LogP contribution in [0.3, 0.4) is 0 Å². The van der Waals surface area contributed by atoms with E-state index in [0.29, 0.717) is 19.1 Å². The van der Waals surface area contributed by atoms with Crippen LogP contribution in [0.5, 0.6) is 5.75 Å². The third kappa shape index (κ3) is 3.86. The molecule has 1 amide bonds. The molecule has 1 unspecified atom stereocenters. The number of aryl methyl sites for hydroxylation is 1. The van der Waals surface area contributed by atoms with Gasteiger partial charge in [-0.3, -0.25) is 4.79 Å². The first kappa shape index (κ1) is 17.8. The number of carbonyl (C=O) groups excluding carboxylic acids is 1. The zero-order valence-corrected chi connectivity index (χ0v) is 15.0. The van der Waals surface area contributed by atoms with E-state index in [2.05, 4.69) is 25.2 Å². The van der Waals surface area contributed by atoms with Gasteiger partial charge >= 0.3 is 0 Å². The summed E-state index contributed by atoms with van der Waals surface area (Å²) >= 11 is 0. The average Bonchev–Trinajstić information content (AvgIpc) is 2.57. The van der Waals surface area contributed by atoms with Crippen LogP contribution in [0.4, 0.5) is 0 Å². The molecule has 4 heteroatoms. The maximum absolute atomic E-state index is 12.3. The summed E-state index contributed by atoms with van der Waals surface area (Å²) in [6.45, 7) is 7.46. The van der Waals surface area contributed by atoms with Gasteiger partial charge in [0.2, 0.25) is 5.91 Å². The first-order chi connectivity index (χ1) is 11.0. The van der Waals surface area contributed by atoms with Crippen molar-refractivity contribution in [2.75, 3.05) is 27.4 Å². The topological polar surface area (TPSA) is 47.6 Å². The van der Waals surface area contributed by atoms with Crippen molar-refractivity contribution in [1.29, 1.82) is 0 Å². The Labute approximate surface area is 139 Å². The molecule has 2 rings (SSSR count). The minimum absolute atomic E-state index is 0.0194. The molecule has 0 saturated carbocycles. The van der Waals surface area contributed by atoms with Crippen LogP contribution in [0.15, 0.2) is 6.07 Å². The molecule has 1 aromatic carbocycles. The number of carbonyl (C=O) groups is 1. The number of rotatable bonds is 6. The van der Waals surface area contributed by atoms with Crippen LogP contribution in [0.2, 0.25) is 0 Å². The number of fused-ring (bicyclic) bond motifs is 1. The van der Waals surface area contributed by atoms with Crippen molar-refractivity contribution in [3.8, 4) is 5.75 Å². The SMILES string of the molecule is COCCNC(=O)C(C)[C@@H]1CCc2c(C)cc(OC)c(C)c2C1. The molecule has 0 bridgehead atoms. The maximum atomic E-state index is 12.3. The van der Waals surface area contributed by atoms with E-state index >= 15 is 0 Å². The summed E-state index contributed by atoms with van der Waals surface area (Å²) in [5.41, 5.74) is 5.36. The molecule has 2 atom stereocenters. The molecule has 0 heterocycles. The van der Waals surface area contributed by atoms with Gasteiger partial charge in [0.05, 0.1) is 13.7 Å². The van der Waals surface area contributed by atoms with Crippen LogP contribution in [-0.4, -0.2) is 33.3 Å². The number of ether oxygens (including phenoxy) is 2. The van der Waals surface area contributed by atoms with Crippen molar-refractivity contribution >= 4 is 5.91 Å². The highest BCUT2D eigenvalue weighted by atomic mass is 16.5. The van der Waals surface area contributed by atoms with Crippen molar-refractivity contribution in [1.82, 2.24) is 5.32 Å². The number of amides is 1. The van der Waals surface area contributed by atoms with Gasteiger partial charge in [0, 0.05) is 19.6 Å². The lowest BCUT2D eigenvalue weighted by atomic mass is 9.75. The molecule has 128 valence electrons. The minimum Gasteiger partial charge on any atom is -0.496 e. The predicted octanol–water partition coefficient (Wildman–Crippen LogP) is 2.82. The highest BCUT2D eigenvalue weighted by Crippen LogP contribution is 2.37. The van der Waals surface area contributed by atoms with E-state index in [1.54, 1.807) is 14.2 Å². The zero-order chi connectivity index (χ0) is 17.0. The zero-order valence-electron chi connectivity index (χ0n) is 15.0. The van der Waals surface area contributed by atoms with Gasteiger partial charge in [-0.1, -0.05) is 6.92 Å². The van der Waals surface area contributed by atoms with Gasteiger partial charge in [0.25, 0.3) is 0 Å². The number of hydrogen-bond donors (Lipinski definition) is 1. The summed E-state index contributed by atoms with van der Waals surface area (Å²) < 4.78 is 10.5. The van der Waals surface area contributed by atoms with Crippen LogP contribution in [0, 0.1) is 25.7 Å². The summed E-state index contributed by atoms with van der Waals surface area (Å²) in [5, 5.41) is 2.96. The van der Waals surface area contributed by atoms with Crippen LogP contribution in [-0.2, 0) is 22.4 Å². The van der Waals surface area contributed by atoms with Gasteiger partial charge in [-0.05, 0) is 67.3 Å². The molecule has 1 aliphatic carbocycles. The molecule has 1 N–H and O–H groups in total. The van der Waals surface area contributed by atoms with Crippen molar-refractivity contribution < 1.29 is 14.3 Å². The van der Waals surface area contributed by atoms with E-state index in [9.17, 15) is 4.79 Å². The maximum Gasteiger partial charge on any atom is 0.223 e. The molecule has 1 aliphatic rings. The van der Waals surface area contributed by atoms with Crippen LogP contribution < -0.4 is 10.1 Å². The van der Waals surface area contributed by atoms with Crippen molar-refractivity contribution in [2.45, 2.75) is 40.0 Å². The molecule has 1 aromatic rings. The van der Waals surface area contributed by atoms with E-state index in [0.717, 1.165) is 25.0 Å². The predicted molar refractivity (Wildman–Crippen MR) is 92.0 cm³/mol. The highest BCUT2D eigenvalue weighted by Gasteiger charge is 2.30.